The van der Waals surface area contributed by atoms with Crippen molar-refractivity contribution in [3.8, 4) is 0 Å². The lowest BCUT2D eigenvalue weighted by Crippen LogP contribution is -2.18. The second-order valence-corrected chi connectivity index (χ2v) is 5.86. The van der Waals surface area contributed by atoms with Crippen molar-refractivity contribution in [1.82, 2.24) is 5.32 Å². The van der Waals surface area contributed by atoms with Crippen LogP contribution in [0.3, 0.4) is 0 Å². The van der Waals surface area contributed by atoms with E-state index in [9.17, 15) is 0 Å². The quantitative estimate of drug-likeness (QED) is 0.806. The van der Waals surface area contributed by atoms with Crippen molar-refractivity contribution in [3.05, 3.63) is 70.8 Å². The summed E-state index contributed by atoms with van der Waals surface area (Å²) >= 11 is 0. The van der Waals surface area contributed by atoms with Crippen LogP contribution < -0.4 is 5.32 Å². The highest BCUT2D eigenvalue weighted by atomic mass is 14.9. The molecule has 1 unspecified atom stereocenters. The van der Waals surface area contributed by atoms with Crippen LogP contribution in [-0.2, 0) is 6.54 Å². The van der Waals surface area contributed by atoms with Crippen LogP contribution in [0, 0.1) is 6.92 Å². The maximum Gasteiger partial charge on any atom is 0.0297 e. The fraction of sp³-hybridized carbons (Fsp3) is 0.368. The van der Waals surface area contributed by atoms with Gasteiger partial charge in [-0.05, 0) is 42.0 Å². The zero-order valence-electron chi connectivity index (χ0n) is 13.0. The molecule has 0 aliphatic heterocycles. The van der Waals surface area contributed by atoms with E-state index in [4.69, 9.17) is 0 Å². The predicted molar refractivity (Wildman–Crippen MR) is 87.0 cm³/mol. The Balaban J connectivity index is 1.96. The number of benzene rings is 2. The second kappa shape index (κ2) is 6.71. The van der Waals surface area contributed by atoms with Crippen LogP contribution in [-0.4, -0.2) is 0 Å². The highest BCUT2D eigenvalue weighted by Crippen LogP contribution is 2.18. The molecule has 106 valence electrons. The molecular formula is C19H25N. The summed E-state index contributed by atoms with van der Waals surface area (Å²) in [6.07, 6.45) is 0. The van der Waals surface area contributed by atoms with Gasteiger partial charge in [0.25, 0.3) is 0 Å². The van der Waals surface area contributed by atoms with Crippen molar-refractivity contribution in [1.29, 1.82) is 0 Å². The Bertz CT molecular complexity index is 540. The van der Waals surface area contributed by atoms with E-state index in [1.54, 1.807) is 0 Å². The van der Waals surface area contributed by atoms with Gasteiger partial charge in [-0.15, -0.1) is 0 Å². The molecule has 2 rings (SSSR count). The van der Waals surface area contributed by atoms with E-state index in [0.29, 0.717) is 12.0 Å². The Morgan fingerprint density at radius 3 is 2.15 bits per heavy atom. The summed E-state index contributed by atoms with van der Waals surface area (Å²) in [4.78, 5) is 0. The minimum atomic E-state index is 0.376. The highest BCUT2D eigenvalue weighted by molar-refractivity contribution is 5.29. The van der Waals surface area contributed by atoms with Crippen molar-refractivity contribution in [2.45, 2.75) is 46.2 Å². The lowest BCUT2D eigenvalue weighted by Gasteiger charge is -2.17. The lowest BCUT2D eigenvalue weighted by atomic mass is 10.0. The minimum Gasteiger partial charge on any atom is -0.306 e. The first-order valence-corrected chi connectivity index (χ1v) is 7.45. The molecular weight excluding hydrogens is 242 g/mol. The first-order valence-electron chi connectivity index (χ1n) is 7.45. The molecule has 1 N–H and O–H groups in total. The van der Waals surface area contributed by atoms with Crippen molar-refractivity contribution in [3.63, 3.8) is 0 Å². The summed E-state index contributed by atoms with van der Waals surface area (Å²) < 4.78 is 0. The number of hydrogen-bond donors (Lipinski definition) is 1. The average Bonchev–Trinajstić information content (AvgIpc) is 2.45. The number of nitrogens with one attached hydrogen (secondary N) is 1. The Morgan fingerprint density at radius 2 is 1.55 bits per heavy atom. The molecule has 0 aliphatic carbocycles. The normalized spacial score (nSPS) is 12.7. The first kappa shape index (κ1) is 14.8. The summed E-state index contributed by atoms with van der Waals surface area (Å²) in [7, 11) is 0. The van der Waals surface area contributed by atoms with E-state index >= 15 is 0 Å². The molecule has 1 atom stereocenters. The van der Waals surface area contributed by atoms with Crippen LogP contribution in [0.5, 0.6) is 0 Å². The Labute approximate surface area is 123 Å². The summed E-state index contributed by atoms with van der Waals surface area (Å²) in [5, 5.41) is 3.60. The minimum absolute atomic E-state index is 0.376. The smallest absolute Gasteiger partial charge is 0.0297 e. The van der Waals surface area contributed by atoms with Crippen molar-refractivity contribution in [2.75, 3.05) is 0 Å². The van der Waals surface area contributed by atoms with Crippen LogP contribution in [0.15, 0.2) is 48.5 Å². The SMILES string of the molecule is Cc1ccccc1C(C)NCc1ccc(C(C)C)cc1. The molecule has 2 aromatic rings. The van der Waals surface area contributed by atoms with Crippen molar-refractivity contribution in [2.24, 2.45) is 0 Å². The Morgan fingerprint density at radius 1 is 0.900 bits per heavy atom. The third-order valence-corrected chi connectivity index (χ3v) is 3.91. The van der Waals surface area contributed by atoms with E-state index in [0.717, 1.165) is 6.54 Å². The average molecular weight is 267 g/mol. The van der Waals surface area contributed by atoms with Gasteiger partial charge in [-0.1, -0.05) is 62.4 Å². The van der Waals surface area contributed by atoms with Gasteiger partial charge in [-0.3, -0.25) is 0 Å². The molecule has 0 aromatic heterocycles. The Hall–Kier alpha value is -1.60. The molecule has 2 aromatic carbocycles. The summed E-state index contributed by atoms with van der Waals surface area (Å²) in [5.74, 6) is 0.600. The van der Waals surface area contributed by atoms with E-state index in [-0.39, 0.29) is 0 Å². The third-order valence-electron chi connectivity index (χ3n) is 3.91. The zero-order chi connectivity index (χ0) is 14.5. The van der Waals surface area contributed by atoms with Crippen LogP contribution in [0.2, 0.25) is 0 Å². The maximum absolute atomic E-state index is 3.60. The van der Waals surface area contributed by atoms with Gasteiger partial charge in [0, 0.05) is 12.6 Å². The van der Waals surface area contributed by atoms with E-state index in [1.807, 2.05) is 0 Å². The molecule has 0 amide bonds. The summed E-state index contributed by atoms with van der Waals surface area (Å²) in [6, 6.07) is 17.9. The Kier molecular flexibility index (Phi) is 4.97. The monoisotopic (exact) mass is 267 g/mol. The van der Waals surface area contributed by atoms with Crippen LogP contribution >= 0.6 is 0 Å². The van der Waals surface area contributed by atoms with Gasteiger partial charge in [0.1, 0.15) is 0 Å². The van der Waals surface area contributed by atoms with Gasteiger partial charge in [0.15, 0.2) is 0 Å². The van der Waals surface area contributed by atoms with E-state index in [2.05, 4.69) is 81.5 Å². The van der Waals surface area contributed by atoms with Gasteiger partial charge in [-0.2, -0.15) is 0 Å². The van der Waals surface area contributed by atoms with Crippen LogP contribution in [0.4, 0.5) is 0 Å². The topological polar surface area (TPSA) is 12.0 Å². The second-order valence-electron chi connectivity index (χ2n) is 5.86. The lowest BCUT2D eigenvalue weighted by molar-refractivity contribution is 0.572. The maximum atomic E-state index is 3.60. The predicted octanol–water partition coefficient (Wildman–Crippen LogP) is 4.97. The van der Waals surface area contributed by atoms with Crippen LogP contribution in [0.1, 0.15) is 55.0 Å². The van der Waals surface area contributed by atoms with Crippen molar-refractivity contribution >= 4 is 0 Å². The first-order chi connectivity index (χ1) is 9.58. The number of rotatable bonds is 5. The van der Waals surface area contributed by atoms with Gasteiger partial charge in [0.05, 0.1) is 0 Å². The van der Waals surface area contributed by atoms with Crippen LogP contribution in [0.25, 0.3) is 0 Å². The molecule has 0 fully saturated rings. The summed E-state index contributed by atoms with van der Waals surface area (Å²) in [6.45, 7) is 9.77. The van der Waals surface area contributed by atoms with Crippen molar-refractivity contribution < 1.29 is 0 Å². The molecule has 0 bridgehead atoms. The molecule has 20 heavy (non-hydrogen) atoms. The fourth-order valence-corrected chi connectivity index (χ4v) is 2.47. The molecule has 0 saturated carbocycles. The standard InChI is InChI=1S/C19H25N/c1-14(2)18-11-9-17(10-12-18)13-20-16(4)19-8-6-5-7-15(19)3/h5-12,14,16,20H,13H2,1-4H3. The van der Waals surface area contributed by atoms with E-state index in [1.165, 1.54) is 22.3 Å². The molecule has 0 saturated heterocycles. The molecule has 0 aliphatic rings. The highest BCUT2D eigenvalue weighted by Gasteiger charge is 2.07. The van der Waals surface area contributed by atoms with Gasteiger partial charge in [0.2, 0.25) is 0 Å². The molecule has 0 spiro atoms. The zero-order valence-corrected chi connectivity index (χ0v) is 13.0. The van der Waals surface area contributed by atoms with Gasteiger partial charge in [-0.25, -0.2) is 0 Å². The fourth-order valence-electron chi connectivity index (χ4n) is 2.47. The molecule has 0 radical (unpaired) electrons. The summed E-state index contributed by atoms with van der Waals surface area (Å²) in [5.41, 5.74) is 5.48. The van der Waals surface area contributed by atoms with E-state index < -0.39 is 0 Å². The van der Waals surface area contributed by atoms with Gasteiger partial charge < -0.3 is 5.32 Å². The molecule has 1 heteroatoms. The molecule has 1 nitrogen and oxygen atoms in total. The third kappa shape index (κ3) is 3.71. The van der Waals surface area contributed by atoms with Gasteiger partial charge >= 0.3 is 0 Å². The largest absolute Gasteiger partial charge is 0.306 e. The number of hydrogen-bond acceptors (Lipinski definition) is 1. The molecule has 0 heterocycles. The number of aryl methyl sites for hydroxylation is 1.